The number of hydrogen-bond donors (Lipinski definition) is 1. The van der Waals surface area contributed by atoms with Gasteiger partial charge in [-0.2, -0.15) is 0 Å². The molecule has 1 unspecified atom stereocenters. The van der Waals surface area contributed by atoms with Gasteiger partial charge in [0.15, 0.2) is 0 Å². The molecule has 0 aliphatic heterocycles. The highest BCUT2D eigenvalue weighted by molar-refractivity contribution is 5.89. The Morgan fingerprint density at radius 2 is 1.88 bits per heavy atom. The third-order valence-electron chi connectivity index (χ3n) is 3.81. The van der Waals surface area contributed by atoms with E-state index in [1.807, 2.05) is 19.1 Å². The maximum Gasteiger partial charge on any atom is 0.338 e. The van der Waals surface area contributed by atoms with Gasteiger partial charge in [0.25, 0.3) is 5.92 Å². The van der Waals surface area contributed by atoms with Gasteiger partial charge in [0, 0.05) is 25.1 Å². The predicted octanol–water partition coefficient (Wildman–Crippen LogP) is 4.18. The fourth-order valence-corrected chi connectivity index (χ4v) is 2.50. The van der Waals surface area contributed by atoms with Gasteiger partial charge in [0.1, 0.15) is 6.61 Å². The summed E-state index contributed by atoms with van der Waals surface area (Å²) in [6.07, 6.45) is 0.622. The van der Waals surface area contributed by atoms with Crippen LogP contribution in [0.15, 0.2) is 54.6 Å². The molecule has 0 aromatic heterocycles. The summed E-state index contributed by atoms with van der Waals surface area (Å²) in [5.41, 5.74) is 1.39. The van der Waals surface area contributed by atoms with Crippen LogP contribution in [0.5, 0.6) is 0 Å². The molecule has 2 aromatic carbocycles. The maximum absolute atomic E-state index is 13.4. The van der Waals surface area contributed by atoms with Crippen LogP contribution in [0.4, 0.5) is 8.78 Å². The SMILES string of the molecule is CC(Cc1cccc(C(C)(F)F)c1)NCCOC(=O)c1ccccc1. The van der Waals surface area contributed by atoms with E-state index in [2.05, 4.69) is 5.32 Å². The van der Waals surface area contributed by atoms with Crippen LogP contribution < -0.4 is 5.32 Å². The Balaban J connectivity index is 1.74. The topological polar surface area (TPSA) is 38.3 Å². The highest BCUT2D eigenvalue weighted by Gasteiger charge is 2.24. The van der Waals surface area contributed by atoms with Crippen molar-refractivity contribution in [3.63, 3.8) is 0 Å². The molecule has 1 atom stereocenters. The average Bonchev–Trinajstić information content (AvgIpc) is 2.59. The van der Waals surface area contributed by atoms with Gasteiger partial charge in [-0.05, 0) is 37.1 Å². The molecule has 0 bridgehead atoms. The first kappa shape index (κ1) is 19.1. The highest BCUT2D eigenvalue weighted by atomic mass is 19.3. The molecule has 0 saturated carbocycles. The number of benzene rings is 2. The van der Waals surface area contributed by atoms with Gasteiger partial charge in [-0.15, -0.1) is 0 Å². The monoisotopic (exact) mass is 347 g/mol. The first-order valence-corrected chi connectivity index (χ1v) is 8.29. The number of esters is 1. The number of alkyl halides is 2. The van der Waals surface area contributed by atoms with Gasteiger partial charge in [-0.1, -0.05) is 36.4 Å². The zero-order valence-corrected chi connectivity index (χ0v) is 14.5. The Morgan fingerprint density at radius 3 is 2.56 bits per heavy atom. The molecule has 0 saturated heterocycles. The molecular formula is C20H23F2NO2. The highest BCUT2D eigenvalue weighted by Crippen LogP contribution is 2.27. The van der Waals surface area contributed by atoms with E-state index in [0.717, 1.165) is 12.5 Å². The molecule has 5 heteroatoms. The molecule has 134 valence electrons. The second-order valence-corrected chi connectivity index (χ2v) is 6.15. The van der Waals surface area contributed by atoms with Gasteiger partial charge < -0.3 is 10.1 Å². The molecule has 0 heterocycles. The van der Waals surface area contributed by atoms with Crippen molar-refractivity contribution in [2.75, 3.05) is 13.2 Å². The molecular weight excluding hydrogens is 324 g/mol. The third-order valence-corrected chi connectivity index (χ3v) is 3.81. The number of rotatable bonds is 8. The number of ether oxygens (including phenoxy) is 1. The van der Waals surface area contributed by atoms with Crippen LogP contribution in [0.25, 0.3) is 0 Å². The standard InChI is InChI=1S/C20H23F2NO2/c1-15(13-16-7-6-10-18(14-16)20(2,21)22)23-11-12-25-19(24)17-8-4-3-5-9-17/h3-10,14-15,23H,11-13H2,1-2H3. The fourth-order valence-electron chi connectivity index (χ4n) is 2.50. The molecule has 2 aromatic rings. The molecule has 0 aliphatic carbocycles. The van der Waals surface area contributed by atoms with Crippen molar-refractivity contribution in [1.82, 2.24) is 5.32 Å². The van der Waals surface area contributed by atoms with Crippen molar-refractivity contribution in [2.24, 2.45) is 0 Å². The fraction of sp³-hybridized carbons (Fsp3) is 0.350. The normalized spacial score (nSPS) is 12.6. The second kappa shape index (κ2) is 8.72. The summed E-state index contributed by atoms with van der Waals surface area (Å²) in [6.45, 7) is 3.62. The smallest absolute Gasteiger partial charge is 0.338 e. The van der Waals surface area contributed by atoms with Gasteiger partial charge in [0.05, 0.1) is 5.56 Å². The van der Waals surface area contributed by atoms with E-state index in [9.17, 15) is 13.6 Å². The zero-order chi connectivity index (χ0) is 18.3. The lowest BCUT2D eigenvalue weighted by molar-refractivity contribution is 0.0174. The average molecular weight is 347 g/mol. The van der Waals surface area contributed by atoms with Crippen LogP contribution in [-0.2, 0) is 17.1 Å². The largest absolute Gasteiger partial charge is 0.461 e. The Kier molecular flexibility index (Phi) is 6.65. The van der Waals surface area contributed by atoms with Gasteiger partial charge in [-0.3, -0.25) is 0 Å². The molecule has 0 amide bonds. The van der Waals surface area contributed by atoms with Crippen LogP contribution in [0.2, 0.25) is 0 Å². The lowest BCUT2D eigenvalue weighted by Crippen LogP contribution is -2.31. The Labute approximate surface area is 147 Å². The minimum atomic E-state index is -2.84. The van der Waals surface area contributed by atoms with Crippen molar-refractivity contribution >= 4 is 5.97 Å². The quantitative estimate of drug-likeness (QED) is 0.575. The molecule has 1 N–H and O–H groups in total. The summed E-state index contributed by atoms with van der Waals surface area (Å²) in [5, 5.41) is 3.23. The van der Waals surface area contributed by atoms with E-state index in [-0.39, 0.29) is 24.2 Å². The van der Waals surface area contributed by atoms with E-state index >= 15 is 0 Å². The molecule has 3 nitrogen and oxygen atoms in total. The summed E-state index contributed by atoms with van der Waals surface area (Å²) < 4.78 is 31.9. The van der Waals surface area contributed by atoms with Crippen molar-refractivity contribution in [1.29, 1.82) is 0 Å². The van der Waals surface area contributed by atoms with E-state index in [1.54, 1.807) is 30.3 Å². The van der Waals surface area contributed by atoms with Gasteiger partial charge in [0.2, 0.25) is 0 Å². The van der Waals surface area contributed by atoms with Gasteiger partial charge >= 0.3 is 5.97 Å². The minimum absolute atomic E-state index is 0.0222. The maximum atomic E-state index is 13.4. The summed E-state index contributed by atoms with van der Waals surface area (Å²) in [7, 11) is 0. The molecule has 0 radical (unpaired) electrons. The number of carbonyl (C=O) groups is 1. The Bertz CT molecular complexity index is 684. The summed E-state index contributed by atoms with van der Waals surface area (Å²) in [6, 6.07) is 15.3. The number of carbonyl (C=O) groups excluding carboxylic acids is 1. The van der Waals surface area contributed by atoms with Crippen molar-refractivity contribution in [3.05, 3.63) is 71.3 Å². The van der Waals surface area contributed by atoms with Crippen LogP contribution in [0.3, 0.4) is 0 Å². The van der Waals surface area contributed by atoms with Crippen LogP contribution in [0.1, 0.15) is 35.3 Å². The summed E-state index contributed by atoms with van der Waals surface area (Å²) >= 11 is 0. The summed E-state index contributed by atoms with van der Waals surface area (Å²) in [4.78, 5) is 11.8. The predicted molar refractivity (Wildman–Crippen MR) is 93.9 cm³/mol. The van der Waals surface area contributed by atoms with Crippen molar-refractivity contribution in [3.8, 4) is 0 Å². The van der Waals surface area contributed by atoms with Gasteiger partial charge in [-0.25, -0.2) is 13.6 Å². The summed E-state index contributed by atoms with van der Waals surface area (Å²) in [5.74, 6) is -3.19. The molecule has 2 rings (SSSR count). The lowest BCUT2D eigenvalue weighted by Gasteiger charge is -2.16. The molecule has 25 heavy (non-hydrogen) atoms. The van der Waals surface area contributed by atoms with Crippen LogP contribution >= 0.6 is 0 Å². The lowest BCUT2D eigenvalue weighted by atomic mass is 10.0. The number of halogens is 2. The number of hydrogen-bond acceptors (Lipinski definition) is 3. The van der Waals surface area contributed by atoms with E-state index in [4.69, 9.17) is 4.74 Å². The molecule has 0 fully saturated rings. The second-order valence-electron chi connectivity index (χ2n) is 6.15. The Morgan fingerprint density at radius 1 is 1.16 bits per heavy atom. The van der Waals surface area contributed by atoms with Crippen molar-refractivity contribution < 1.29 is 18.3 Å². The van der Waals surface area contributed by atoms with E-state index in [0.29, 0.717) is 18.5 Å². The zero-order valence-electron chi connectivity index (χ0n) is 14.5. The first-order valence-electron chi connectivity index (χ1n) is 8.29. The van der Waals surface area contributed by atoms with Crippen LogP contribution in [-0.4, -0.2) is 25.2 Å². The van der Waals surface area contributed by atoms with Crippen molar-refractivity contribution in [2.45, 2.75) is 32.2 Å². The molecule has 0 spiro atoms. The Hall–Kier alpha value is -2.27. The van der Waals surface area contributed by atoms with E-state index < -0.39 is 5.92 Å². The first-order chi connectivity index (χ1) is 11.9. The minimum Gasteiger partial charge on any atom is -0.461 e. The van der Waals surface area contributed by atoms with E-state index in [1.165, 1.54) is 12.1 Å². The molecule has 0 aliphatic rings. The number of nitrogens with one attached hydrogen (secondary N) is 1. The third kappa shape index (κ3) is 6.27. The van der Waals surface area contributed by atoms with Crippen LogP contribution in [0, 0.1) is 0 Å².